The first-order valence-electron chi connectivity index (χ1n) is 8.83. The van der Waals surface area contributed by atoms with Crippen LogP contribution in [0.3, 0.4) is 0 Å². The molecule has 3 rings (SSSR count). The number of imide groups is 1. The van der Waals surface area contributed by atoms with Gasteiger partial charge in [0, 0.05) is 23.0 Å². The van der Waals surface area contributed by atoms with Gasteiger partial charge in [-0.15, -0.1) is 0 Å². The SMILES string of the molecule is Cc1c(NCC(=O)NC(=O)NC2CC2)cccc1NC(=O)c1ccccc1. The maximum atomic E-state index is 12.3. The van der Waals surface area contributed by atoms with Crippen LogP contribution in [0.5, 0.6) is 0 Å². The van der Waals surface area contributed by atoms with Crippen LogP contribution in [0.1, 0.15) is 28.8 Å². The summed E-state index contributed by atoms with van der Waals surface area (Å²) in [6.45, 7) is 1.80. The zero-order valence-corrected chi connectivity index (χ0v) is 15.0. The summed E-state index contributed by atoms with van der Waals surface area (Å²) in [5.74, 6) is -0.628. The van der Waals surface area contributed by atoms with Gasteiger partial charge in [0.05, 0.1) is 6.54 Å². The van der Waals surface area contributed by atoms with Crippen molar-refractivity contribution in [2.24, 2.45) is 0 Å². The van der Waals surface area contributed by atoms with Crippen molar-refractivity contribution in [2.45, 2.75) is 25.8 Å². The predicted molar refractivity (Wildman–Crippen MR) is 104 cm³/mol. The van der Waals surface area contributed by atoms with E-state index < -0.39 is 11.9 Å². The average molecular weight is 366 g/mol. The number of rotatable bonds is 6. The van der Waals surface area contributed by atoms with E-state index in [2.05, 4.69) is 21.3 Å². The first kappa shape index (κ1) is 18.4. The van der Waals surface area contributed by atoms with E-state index in [1.165, 1.54) is 0 Å². The minimum atomic E-state index is -0.468. The Morgan fingerprint density at radius 3 is 2.37 bits per heavy atom. The van der Waals surface area contributed by atoms with Gasteiger partial charge < -0.3 is 16.0 Å². The highest BCUT2D eigenvalue weighted by Crippen LogP contribution is 2.23. The van der Waals surface area contributed by atoms with Gasteiger partial charge in [0.1, 0.15) is 0 Å². The summed E-state index contributed by atoms with van der Waals surface area (Å²) in [5, 5.41) is 10.9. The van der Waals surface area contributed by atoms with Crippen molar-refractivity contribution in [1.29, 1.82) is 0 Å². The lowest BCUT2D eigenvalue weighted by atomic mass is 10.1. The van der Waals surface area contributed by atoms with Crippen LogP contribution in [0.4, 0.5) is 16.2 Å². The predicted octanol–water partition coefficient (Wildman–Crippen LogP) is 2.65. The van der Waals surface area contributed by atoms with Crippen LogP contribution >= 0.6 is 0 Å². The molecule has 2 aromatic carbocycles. The molecule has 1 aliphatic rings. The van der Waals surface area contributed by atoms with E-state index in [0.29, 0.717) is 16.9 Å². The lowest BCUT2D eigenvalue weighted by Gasteiger charge is -2.14. The molecule has 7 heteroatoms. The van der Waals surface area contributed by atoms with Crippen molar-refractivity contribution in [3.05, 3.63) is 59.7 Å². The van der Waals surface area contributed by atoms with Crippen molar-refractivity contribution in [1.82, 2.24) is 10.6 Å². The Balaban J connectivity index is 1.56. The van der Waals surface area contributed by atoms with Gasteiger partial charge in [-0.2, -0.15) is 0 Å². The molecule has 0 radical (unpaired) electrons. The van der Waals surface area contributed by atoms with Gasteiger partial charge >= 0.3 is 6.03 Å². The Labute approximate surface area is 157 Å². The third-order valence-electron chi connectivity index (χ3n) is 4.22. The highest BCUT2D eigenvalue weighted by molar-refractivity contribution is 6.05. The number of anilines is 2. The Morgan fingerprint density at radius 1 is 0.963 bits per heavy atom. The molecule has 1 fully saturated rings. The number of carbonyl (C=O) groups is 3. The normalized spacial score (nSPS) is 12.8. The molecule has 0 aliphatic heterocycles. The molecule has 0 spiro atoms. The highest BCUT2D eigenvalue weighted by Gasteiger charge is 2.23. The summed E-state index contributed by atoms with van der Waals surface area (Å²) < 4.78 is 0. The molecule has 0 aromatic heterocycles. The molecule has 4 N–H and O–H groups in total. The molecule has 27 heavy (non-hydrogen) atoms. The molecule has 0 unspecified atom stereocenters. The molecule has 0 bridgehead atoms. The fourth-order valence-electron chi connectivity index (χ4n) is 2.54. The zero-order chi connectivity index (χ0) is 19.2. The Bertz CT molecular complexity index is 848. The van der Waals surface area contributed by atoms with E-state index in [1.807, 2.05) is 19.1 Å². The van der Waals surface area contributed by atoms with Gasteiger partial charge in [-0.05, 0) is 49.6 Å². The highest BCUT2D eigenvalue weighted by atomic mass is 16.2. The van der Waals surface area contributed by atoms with Crippen molar-refractivity contribution in [2.75, 3.05) is 17.2 Å². The lowest BCUT2D eigenvalue weighted by Crippen LogP contribution is -2.42. The van der Waals surface area contributed by atoms with Crippen molar-refractivity contribution < 1.29 is 14.4 Å². The smallest absolute Gasteiger partial charge is 0.321 e. The van der Waals surface area contributed by atoms with Gasteiger partial charge in [-0.3, -0.25) is 14.9 Å². The third-order valence-corrected chi connectivity index (χ3v) is 4.22. The standard InChI is InChI=1S/C20H22N4O3/c1-13-16(21-12-18(25)24-20(27)22-15-10-11-15)8-5-9-17(13)23-19(26)14-6-3-2-4-7-14/h2-9,15,21H,10-12H2,1H3,(H,23,26)(H2,22,24,25,27). The second-order valence-electron chi connectivity index (χ2n) is 6.45. The van der Waals surface area contributed by atoms with Gasteiger partial charge in [-0.25, -0.2) is 4.79 Å². The summed E-state index contributed by atoms with van der Waals surface area (Å²) in [6, 6.07) is 14.1. The van der Waals surface area contributed by atoms with Crippen molar-refractivity contribution >= 4 is 29.2 Å². The molecule has 1 saturated carbocycles. The van der Waals surface area contributed by atoms with Crippen LogP contribution in [0.25, 0.3) is 0 Å². The largest absolute Gasteiger partial charge is 0.376 e. The number of nitrogens with one attached hydrogen (secondary N) is 4. The summed E-state index contributed by atoms with van der Waals surface area (Å²) in [5.41, 5.74) is 2.73. The number of hydrogen-bond donors (Lipinski definition) is 4. The monoisotopic (exact) mass is 366 g/mol. The zero-order valence-electron chi connectivity index (χ0n) is 15.0. The summed E-state index contributed by atoms with van der Waals surface area (Å²) >= 11 is 0. The minimum Gasteiger partial charge on any atom is -0.376 e. The fraction of sp³-hybridized carbons (Fsp3) is 0.250. The number of benzene rings is 2. The molecular formula is C20H22N4O3. The topological polar surface area (TPSA) is 99.3 Å². The van der Waals surface area contributed by atoms with Crippen molar-refractivity contribution in [3.63, 3.8) is 0 Å². The maximum absolute atomic E-state index is 12.3. The molecule has 0 saturated heterocycles. The summed E-state index contributed by atoms with van der Waals surface area (Å²) in [7, 11) is 0. The first-order valence-corrected chi connectivity index (χ1v) is 8.83. The number of hydrogen-bond acceptors (Lipinski definition) is 4. The first-order chi connectivity index (χ1) is 13.0. The summed E-state index contributed by atoms with van der Waals surface area (Å²) in [6.07, 6.45) is 1.92. The van der Waals surface area contributed by atoms with Crippen LogP contribution < -0.4 is 21.3 Å². The number of carbonyl (C=O) groups excluding carboxylic acids is 3. The van der Waals surface area contributed by atoms with E-state index in [9.17, 15) is 14.4 Å². The van der Waals surface area contributed by atoms with E-state index in [0.717, 1.165) is 18.4 Å². The second kappa shape index (κ2) is 8.35. The second-order valence-corrected chi connectivity index (χ2v) is 6.45. The van der Waals surface area contributed by atoms with Gasteiger partial charge in [-0.1, -0.05) is 24.3 Å². The lowest BCUT2D eigenvalue weighted by molar-refractivity contribution is -0.118. The van der Waals surface area contributed by atoms with Crippen LogP contribution in [0.15, 0.2) is 48.5 Å². The number of amides is 4. The van der Waals surface area contributed by atoms with E-state index in [1.54, 1.807) is 36.4 Å². The Hall–Kier alpha value is -3.35. The molecule has 140 valence electrons. The van der Waals surface area contributed by atoms with Crippen molar-refractivity contribution in [3.8, 4) is 0 Å². The maximum Gasteiger partial charge on any atom is 0.321 e. The molecule has 0 heterocycles. The molecule has 0 atom stereocenters. The quantitative estimate of drug-likeness (QED) is 0.631. The van der Waals surface area contributed by atoms with E-state index in [4.69, 9.17) is 0 Å². The molecule has 2 aromatic rings. The van der Waals surface area contributed by atoms with Crippen LogP contribution in [0.2, 0.25) is 0 Å². The third kappa shape index (κ3) is 5.31. The van der Waals surface area contributed by atoms with Gasteiger partial charge in [0.25, 0.3) is 5.91 Å². The Morgan fingerprint density at radius 2 is 1.67 bits per heavy atom. The molecule has 7 nitrogen and oxygen atoms in total. The van der Waals surface area contributed by atoms with Crippen LogP contribution in [-0.4, -0.2) is 30.4 Å². The fourth-order valence-corrected chi connectivity index (χ4v) is 2.54. The van der Waals surface area contributed by atoms with E-state index >= 15 is 0 Å². The molecule has 1 aliphatic carbocycles. The van der Waals surface area contributed by atoms with Crippen LogP contribution in [-0.2, 0) is 4.79 Å². The minimum absolute atomic E-state index is 0.0466. The molecular weight excluding hydrogens is 344 g/mol. The molecule has 4 amide bonds. The van der Waals surface area contributed by atoms with E-state index in [-0.39, 0.29) is 18.5 Å². The summed E-state index contributed by atoms with van der Waals surface area (Å²) in [4.78, 5) is 35.8. The van der Waals surface area contributed by atoms with Gasteiger partial charge in [0.2, 0.25) is 5.91 Å². The number of urea groups is 1. The van der Waals surface area contributed by atoms with Gasteiger partial charge in [0.15, 0.2) is 0 Å². The van der Waals surface area contributed by atoms with Crippen LogP contribution in [0, 0.1) is 6.92 Å². The Kier molecular flexibility index (Phi) is 5.71. The average Bonchev–Trinajstić information content (AvgIpc) is 3.47.